The molecule has 4 rings (SSSR count). The van der Waals surface area contributed by atoms with E-state index in [1.54, 1.807) is 24.5 Å². The van der Waals surface area contributed by atoms with Crippen molar-refractivity contribution in [3.63, 3.8) is 0 Å². The molecule has 2 aromatic rings. The normalized spacial score (nSPS) is 25.8. The number of ether oxygens (including phenoxy) is 2. The number of aromatic nitrogens is 1. The molecule has 2 fully saturated rings. The van der Waals surface area contributed by atoms with E-state index in [4.69, 9.17) is 21.1 Å². The molecule has 0 aliphatic carbocycles. The maximum absolute atomic E-state index is 12.3. The van der Waals surface area contributed by atoms with E-state index in [1.165, 1.54) is 0 Å². The van der Waals surface area contributed by atoms with Crippen LogP contribution in [0.4, 0.5) is 0 Å². The first-order valence-corrected chi connectivity index (χ1v) is 8.32. The molecule has 0 unspecified atom stereocenters. The maximum atomic E-state index is 12.3. The summed E-state index contributed by atoms with van der Waals surface area (Å²) in [4.78, 5) is 18.2. The van der Waals surface area contributed by atoms with Gasteiger partial charge in [0.1, 0.15) is 18.5 Å². The highest BCUT2D eigenvalue weighted by atomic mass is 35.5. The second-order valence-corrected chi connectivity index (χ2v) is 6.47. The summed E-state index contributed by atoms with van der Waals surface area (Å²) in [5.41, 5.74) is 0.297. The summed E-state index contributed by atoms with van der Waals surface area (Å²) in [7, 11) is 0. The molecule has 2 atom stereocenters. The zero-order chi connectivity index (χ0) is 16.6. The molecule has 0 radical (unpaired) electrons. The number of fused-ring (bicyclic) bond motifs is 1. The van der Waals surface area contributed by atoms with E-state index in [-0.39, 0.29) is 12.0 Å². The zero-order valence-corrected chi connectivity index (χ0v) is 13.8. The summed E-state index contributed by atoms with van der Waals surface area (Å²) in [5.74, 6) is 0.861. The predicted molar refractivity (Wildman–Crippen MR) is 88.7 cm³/mol. The van der Waals surface area contributed by atoms with E-state index in [2.05, 4.69) is 4.98 Å². The van der Waals surface area contributed by atoms with Crippen molar-refractivity contribution in [3.05, 3.63) is 59.4 Å². The van der Waals surface area contributed by atoms with Crippen LogP contribution in [0.25, 0.3) is 0 Å². The van der Waals surface area contributed by atoms with Gasteiger partial charge in [-0.1, -0.05) is 11.6 Å². The summed E-state index contributed by atoms with van der Waals surface area (Å²) >= 11 is 5.88. The average molecular weight is 345 g/mol. The Kier molecular flexibility index (Phi) is 3.90. The van der Waals surface area contributed by atoms with Gasteiger partial charge in [0.25, 0.3) is 0 Å². The van der Waals surface area contributed by atoms with Gasteiger partial charge in [0.2, 0.25) is 5.91 Å². The van der Waals surface area contributed by atoms with Crippen LogP contribution in [0.3, 0.4) is 0 Å². The van der Waals surface area contributed by atoms with Gasteiger partial charge in [-0.25, -0.2) is 0 Å². The number of hydrogen-bond acceptors (Lipinski definition) is 4. The number of rotatable bonds is 4. The first-order chi connectivity index (χ1) is 11.7. The molecule has 1 aromatic heterocycles. The summed E-state index contributed by atoms with van der Waals surface area (Å²) < 4.78 is 12.1. The molecule has 3 heterocycles. The van der Waals surface area contributed by atoms with Gasteiger partial charge in [0.15, 0.2) is 5.72 Å². The molecular formula is C18H17ClN2O3. The Morgan fingerprint density at radius 2 is 2.00 bits per heavy atom. The van der Waals surface area contributed by atoms with Crippen molar-refractivity contribution >= 4 is 17.5 Å². The lowest BCUT2D eigenvalue weighted by atomic mass is 10.0. The first-order valence-electron chi connectivity index (χ1n) is 7.94. The molecule has 2 aliphatic rings. The Morgan fingerprint density at radius 3 is 2.75 bits per heavy atom. The van der Waals surface area contributed by atoms with Gasteiger partial charge < -0.3 is 14.4 Å². The SMILES string of the molecule is O=C1CC[C@]2(c3ccncc3)O[C@H](COc3ccc(Cl)cc3)CN12. The number of pyridine rings is 1. The van der Waals surface area contributed by atoms with E-state index < -0.39 is 5.72 Å². The van der Waals surface area contributed by atoms with Crippen LogP contribution in [0.15, 0.2) is 48.8 Å². The minimum atomic E-state index is -0.673. The highest BCUT2D eigenvalue weighted by Crippen LogP contribution is 2.45. The van der Waals surface area contributed by atoms with Gasteiger partial charge in [-0.2, -0.15) is 0 Å². The van der Waals surface area contributed by atoms with Crippen LogP contribution in [0.2, 0.25) is 5.02 Å². The number of benzene rings is 1. The fraction of sp³-hybridized carbons (Fsp3) is 0.333. The van der Waals surface area contributed by atoms with Gasteiger partial charge in [0, 0.05) is 35.8 Å². The van der Waals surface area contributed by atoms with E-state index >= 15 is 0 Å². The van der Waals surface area contributed by atoms with Gasteiger partial charge in [0.05, 0.1) is 6.54 Å². The van der Waals surface area contributed by atoms with Crippen LogP contribution in [-0.2, 0) is 15.3 Å². The van der Waals surface area contributed by atoms with Crippen LogP contribution >= 0.6 is 11.6 Å². The lowest BCUT2D eigenvalue weighted by Crippen LogP contribution is -2.38. The molecule has 2 aliphatic heterocycles. The minimum Gasteiger partial charge on any atom is -0.491 e. The van der Waals surface area contributed by atoms with Gasteiger partial charge in [-0.05, 0) is 36.4 Å². The number of nitrogens with zero attached hydrogens (tertiary/aromatic N) is 2. The molecule has 5 nitrogen and oxygen atoms in total. The number of halogens is 1. The molecule has 1 amide bonds. The summed E-state index contributed by atoms with van der Waals surface area (Å²) in [5, 5.41) is 0.669. The smallest absolute Gasteiger partial charge is 0.225 e. The standard InChI is InChI=1S/C18H17ClN2O3/c19-14-1-3-15(4-2-14)23-12-16-11-21-17(22)5-8-18(21,24-16)13-6-9-20-10-7-13/h1-4,6-7,9-10,16H,5,8,11-12H2/t16-,18+/m0/s1. The maximum Gasteiger partial charge on any atom is 0.225 e. The summed E-state index contributed by atoms with van der Waals surface area (Å²) in [6.45, 7) is 0.924. The second-order valence-electron chi connectivity index (χ2n) is 6.03. The van der Waals surface area contributed by atoms with Crippen LogP contribution in [0.5, 0.6) is 5.75 Å². The molecule has 1 aromatic carbocycles. The van der Waals surface area contributed by atoms with Crippen LogP contribution < -0.4 is 4.74 Å². The molecule has 0 spiro atoms. The van der Waals surface area contributed by atoms with Gasteiger partial charge in [-0.15, -0.1) is 0 Å². The molecule has 0 saturated carbocycles. The molecule has 0 bridgehead atoms. The lowest BCUT2D eigenvalue weighted by molar-refractivity contribution is -0.140. The number of hydrogen-bond donors (Lipinski definition) is 0. The predicted octanol–water partition coefficient (Wildman–Crippen LogP) is 2.99. The van der Waals surface area contributed by atoms with Crippen LogP contribution in [0.1, 0.15) is 18.4 Å². The first kappa shape index (κ1) is 15.4. The zero-order valence-electron chi connectivity index (χ0n) is 13.0. The van der Waals surface area contributed by atoms with E-state index in [0.717, 1.165) is 11.3 Å². The second kappa shape index (κ2) is 6.07. The van der Waals surface area contributed by atoms with Crippen molar-refractivity contribution in [1.82, 2.24) is 9.88 Å². The largest absolute Gasteiger partial charge is 0.491 e. The monoisotopic (exact) mass is 344 g/mol. The van der Waals surface area contributed by atoms with Crippen molar-refractivity contribution in [1.29, 1.82) is 0 Å². The van der Waals surface area contributed by atoms with Crippen molar-refractivity contribution in [2.45, 2.75) is 24.7 Å². The third-order valence-electron chi connectivity index (χ3n) is 4.54. The number of carbonyl (C=O) groups is 1. The van der Waals surface area contributed by atoms with E-state index in [0.29, 0.717) is 31.0 Å². The Morgan fingerprint density at radius 1 is 1.25 bits per heavy atom. The fourth-order valence-electron chi connectivity index (χ4n) is 3.42. The summed E-state index contributed by atoms with van der Waals surface area (Å²) in [6.07, 6.45) is 4.45. The molecule has 0 N–H and O–H groups in total. The third-order valence-corrected chi connectivity index (χ3v) is 4.80. The average Bonchev–Trinajstić information content (AvgIpc) is 3.13. The van der Waals surface area contributed by atoms with Crippen molar-refractivity contribution in [2.24, 2.45) is 0 Å². The van der Waals surface area contributed by atoms with Crippen molar-refractivity contribution < 1.29 is 14.3 Å². The van der Waals surface area contributed by atoms with Crippen LogP contribution in [0, 0.1) is 0 Å². The highest BCUT2D eigenvalue weighted by molar-refractivity contribution is 6.30. The Hall–Kier alpha value is -2.11. The molecule has 6 heteroatoms. The number of carbonyl (C=O) groups excluding carboxylic acids is 1. The highest BCUT2D eigenvalue weighted by Gasteiger charge is 2.54. The minimum absolute atomic E-state index is 0.126. The van der Waals surface area contributed by atoms with Crippen molar-refractivity contribution in [3.8, 4) is 5.75 Å². The van der Waals surface area contributed by atoms with Gasteiger partial charge in [-0.3, -0.25) is 9.78 Å². The Labute approximate surface area is 145 Å². The quantitative estimate of drug-likeness (QED) is 0.855. The Bertz CT molecular complexity index is 738. The Balaban J connectivity index is 1.50. The third kappa shape index (κ3) is 2.64. The van der Waals surface area contributed by atoms with Gasteiger partial charge >= 0.3 is 0 Å². The van der Waals surface area contributed by atoms with E-state index in [1.807, 2.05) is 29.2 Å². The summed E-state index contributed by atoms with van der Waals surface area (Å²) in [6, 6.07) is 11.0. The van der Waals surface area contributed by atoms with E-state index in [9.17, 15) is 4.79 Å². The molecule has 24 heavy (non-hydrogen) atoms. The number of amides is 1. The topological polar surface area (TPSA) is 51.7 Å². The molecular weight excluding hydrogens is 328 g/mol. The van der Waals surface area contributed by atoms with Crippen LogP contribution in [-0.4, -0.2) is 35.0 Å². The fourth-order valence-corrected chi connectivity index (χ4v) is 3.55. The lowest BCUT2D eigenvalue weighted by Gasteiger charge is -2.30. The molecule has 124 valence electrons. The van der Waals surface area contributed by atoms with Crippen molar-refractivity contribution in [2.75, 3.05) is 13.2 Å². The molecule has 2 saturated heterocycles.